The van der Waals surface area contributed by atoms with Crippen LogP contribution < -0.4 is 0 Å². The molecule has 1 aliphatic heterocycles. The minimum absolute atomic E-state index is 0.163. The van der Waals surface area contributed by atoms with Gasteiger partial charge in [-0.25, -0.2) is 0 Å². The number of rotatable bonds is 7. The Morgan fingerprint density at radius 1 is 1.45 bits per heavy atom. The van der Waals surface area contributed by atoms with Crippen LogP contribution in [0.4, 0.5) is 13.2 Å². The minimum Gasteiger partial charge on any atom is -0.379 e. The summed E-state index contributed by atoms with van der Waals surface area (Å²) in [6, 6.07) is -0.434. The van der Waals surface area contributed by atoms with Crippen LogP contribution in [0, 0.1) is 0 Å². The van der Waals surface area contributed by atoms with Crippen LogP contribution in [0.2, 0.25) is 0 Å². The van der Waals surface area contributed by atoms with E-state index in [2.05, 4.69) is 0 Å². The molecule has 20 heavy (non-hydrogen) atoms. The first kappa shape index (κ1) is 17.2. The molecule has 0 radical (unpaired) electrons. The van der Waals surface area contributed by atoms with Gasteiger partial charge in [-0.2, -0.15) is 13.2 Å². The summed E-state index contributed by atoms with van der Waals surface area (Å²) in [6.45, 7) is 4.15. The van der Waals surface area contributed by atoms with Crippen molar-refractivity contribution in [2.24, 2.45) is 0 Å². The van der Waals surface area contributed by atoms with E-state index in [9.17, 15) is 18.0 Å². The van der Waals surface area contributed by atoms with Crippen LogP contribution in [0.25, 0.3) is 0 Å². The second-order valence-electron chi connectivity index (χ2n) is 5.43. The zero-order valence-electron chi connectivity index (χ0n) is 12.2. The van der Waals surface area contributed by atoms with Crippen molar-refractivity contribution in [3.8, 4) is 0 Å². The van der Waals surface area contributed by atoms with Crippen LogP contribution in [0.3, 0.4) is 0 Å². The van der Waals surface area contributed by atoms with Crippen molar-refractivity contribution in [1.29, 1.82) is 0 Å². The average molecular weight is 296 g/mol. The molecule has 0 aromatic rings. The molecule has 1 aliphatic rings. The third kappa shape index (κ3) is 5.66. The number of likely N-dealkylation sites (N-methyl/N-ethyl adjacent to an activating group) is 1. The van der Waals surface area contributed by atoms with E-state index in [0.717, 1.165) is 11.3 Å². The van der Waals surface area contributed by atoms with E-state index in [0.29, 0.717) is 19.6 Å². The van der Waals surface area contributed by atoms with Gasteiger partial charge in [0.05, 0.1) is 12.1 Å². The van der Waals surface area contributed by atoms with Crippen LogP contribution in [-0.4, -0.2) is 67.3 Å². The van der Waals surface area contributed by atoms with Crippen LogP contribution in [0.1, 0.15) is 26.7 Å². The number of hydrogen-bond acceptors (Lipinski definition) is 3. The van der Waals surface area contributed by atoms with E-state index in [1.807, 2.05) is 18.7 Å². The first-order chi connectivity index (χ1) is 9.20. The van der Waals surface area contributed by atoms with Gasteiger partial charge in [0.15, 0.2) is 0 Å². The second-order valence-corrected chi connectivity index (χ2v) is 5.43. The smallest absolute Gasteiger partial charge is 0.379 e. The molecule has 7 heteroatoms. The predicted molar refractivity (Wildman–Crippen MR) is 69.4 cm³/mol. The Morgan fingerprint density at radius 2 is 2.10 bits per heavy atom. The Balaban J connectivity index is 2.35. The number of carbonyl (C=O) groups excluding carboxylic acids is 1. The van der Waals surface area contributed by atoms with E-state index < -0.39 is 24.7 Å². The molecule has 0 aliphatic carbocycles. The summed E-state index contributed by atoms with van der Waals surface area (Å²) in [7, 11) is 1.77. The summed E-state index contributed by atoms with van der Waals surface area (Å²) in [5, 5.41) is 0. The predicted octanol–water partition coefficient (Wildman–Crippen LogP) is 1.90. The summed E-state index contributed by atoms with van der Waals surface area (Å²) >= 11 is 0. The van der Waals surface area contributed by atoms with Gasteiger partial charge in [0.1, 0.15) is 6.54 Å². The van der Waals surface area contributed by atoms with Crippen molar-refractivity contribution in [2.45, 2.75) is 45.0 Å². The van der Waals surface area contributed by atoms with Crippen LogP contribution >= 0.6 is 0 Å². The fourth-order valence-electron chi connectivity index (χ4n) is 2.29. The van der Waals surface area contributed by atoms with Crippen molar-refractivity contribution >= 4 is 5.91 Å². The van der Waals surface area contributed by atoms with Crippen LogP contribution in [0.15, 0.2) is 0 Å². The fourth-order valence-corrected chi connectivity index (χ4v) is 2.29. The quantitative estimate of drug-likeness (QED) is 0.673. The lowest BCUT2D eigenvalue weighted by molar-refractivity contribution is -0.159. The molecule has 1 atom stereocenters. The highest BCUT2D eigenvalue weighted by molar-refractivity contribution is 5.84. The molecule has 118 valence electrons. The Hall–Kier alpha value is -0.820. The normalized spacial score (nSPS) is 20.5. The Morgan fingerprint density at radius 3 is 2.65 bits per heavy atom. The van der Waals surface area contributed by atoms with Crippen molar-refractivity contribution in [2.75, 3.05) is 33.3 Å². The number of amides is 1. The number of hydrogen-bond donors (Lipinski definition) is 0. The van der Waals surface area contributed by atoms with E-state index in [1.54, 1.807) is 7.05 Å². The summed E-state index contributed by atoms with van der Waals surface area (Å²) in [6.07, 6.45) is -2.95. The molecule has 1 amide bonds. The maximum atomic E-state index is 12.3. The van der Waals surface area contributed by atoms with Gasteiger partial charge in [0.25, 0.3) is 0 Å². The third-order valence-electron chi connectivity index (χ3n) is 3.28. The van der Waals surface area contributed by atoms with Gasteiger partial charge >= 0.3 is 6.18 Å². The zero-order valence-corrected chi connectivity index (χ0v) is 12.2. The van der Waals surface area contributed by atoms with Crippen LogP contribution in [0.5, 0.6) is 0 Å². The average Bonchev–Trinajstić information content (AvgIpc) is 2.64. The van der Waals surface area contributed by atoms with Crippen molar-refractivity contribution in [3.05, 3.63) is 0 Å². The van der Waals surface area contributed by atoms with Gasteiger partial charge in [0, 0.05) is 19.7 Å². The maximum Gasteiger partial charge on any atom is 0.406 e. The molecule has 1 fully saturated rings. The largest absolute Gasteiger partial charge is 0.406 e. The van der Waals surface area contributed by atoms with Gasteiger partial charge in [-0.3, -0.25) is 9.69 Å². The first-order valence-electron chi connectivity index (χ1n) is 6.88. The van der Waals surface area contributed by atoms with Gasteiger partial charge in [-0.1, -0.05) is 0 Å². The summed E-state index contributed by atoms with van der Waals surface area (Å²) in [5.41, 5.74) is 0. The molecule has 1 rings (SSSR count). The zero-order chi connectivity index (χ0) is 15.3. The molecular weight excluding hydrogens is 273 g/mol. The lowest BCUT2D eigenvalue weighted by Crippen LogP contribution is -2.43. The standard InChI is InChI=1S/C13H23F3N2O2/c1-10(2)20-8-4-6-17(3)11-5-7-18(12(11)19)9-13(14,15)16/h10-11H,4-9H2,1-3H3/t11-/m0/s1. The van der Waals surface area contributed by atoms with Gasteiger partial charge in [-0.05, 0) is 33.7 Å². The maximum absolute atomic E-state index is 12.3. The third-order valence-corrected chi connectivity index (χ3v) is 3.28. The first-order valence-corrected chi connectivity index (χ1v) is 6.88. The molecule has 0 bridgehead atoms. The molecule has 0 N–H and O–H groups in total. The van der Waals surface area contributed by atoms with E-state index in [1.165, 1.54) is 0 Å². The topological polar surface area (TPSA) is 32.8 Å². The number of nitrogens with zero attached hydrogens (tertiary/aromatic N) is 2. The van der Waals surface area contributed by atoms with Crippen LogP contribution in [-0.2, 0) is 9.53 Å². The van der Waals surface area contributed by atoms with E-state index in [-0.39, 0.29) is 12.6 Å². The number of alkyl halides is 3. The highest BCUT2D eigenvalue weighted by Gasteiger charge is 2.40. The number of halogens is 3. The van der Waals surface area contributed by atoms with Gasteiger partial charge < -0.3 is 9.64 Å². The molecule has 1 saturated heterocycles. The Kier molecular flexibility index (Phi) is 6.26. The molecule has 0 spiro atoms. The molecule has 4 nitrogen and oxygen atoms in total. The second kappa shape index (κ2) is 7.26. The summed E-state index contributed by atoms with van der Waals surface area (Å²) in [5.74, 6) is -0.422. The van der Waals surface area contributed by atoms with Gasteiger partial charge in [-0.15, -0.1) is 0 Å². The fraction of sp³-hybridized carbons (Fsp3) is 0.923. The number of ether oxygens (including phenoxy) is 1. The molecule has 0 aromatic heterocycles. The highest BCUT2D eigenvalue weighted by atomic mass is 19.4. The SMILES string of the molecule is CC(C)OCCCN(C)[C@H]1CCN(CC(F)(F)F)C1=O. The summed E-state index contributed by atoms with van der Waals surface area (Å²) in [4.78, 5) is 14.6. The number of likely N-dealkylation sites (tertiary alicyclic amines) is 1. The monoisotopic (exact) mass is 296 g/mol. The molecule has 1 heterocycles. The molecule has 0 saturated carbocycles. The molecule has 0 unspecified atom stereocenters. The highest BCUT2D eigenvalue weighted by Crippen LogP contribution is 2.22. The molecule has 0 aromatic carbocycles. The van der Waals surface area contributed by atoms with Crippen molar-refractivity contribution in [1.82, 2.24) is 9.80 Å². The van der Waals surface area contributed by atoms with Crippen molar-refractivity contribution < 1.29 is 22.7 Å². The lowest BCUT2D eigenvalue weighted by Gasteiger charge is -2.24. The number of carbonyl (C=O) groups is 1. The summed E-state index contributed by atoms with van der Waals surface area (Å²) < 4.78 is 42.3. The molecular formula is C13H23F3N2O2. The van der Waals surface area contributed by atoms with Crippen molar-refractivity contribution in [3.63, 3.8) is 0 Å². The Bertz CT molecular complexity index is 321. The van der Waals surface area contributed by atoms with E-state index in [4.69, 9.17) is 4.74 Å². The van der Waals surface area contributed by atoms with E-state index >= 15 is 0 Å². The minimum atomic E-state index is -4.33. The lowest BCUT2D eigenvalue weighted by atomic mass is 10.2. The van der Waals surface area contributed by atoms with Gasteiger partial charge in [0.2, 0.25) is 5.91 Å². The Labute approximate surface area is 117 Å².